The Kier molecular flexibility index (Phi) is 3.92. The van der Waals surface area contributed by atoms with E-state index in [0.717, 1.165) is 31.9 Å². The first-order chi connectivity index (χ1) is 8.58. The van der Waals surface area contributed by atoms with Gasteiger partial charge in [-0.1, -0.05) is 18.5 Å². The largest absolute Gasteiger partial charge is 0.467 e. The fourth-order valence-corrected chi connectivity index (χ4v) is 2.65. The number of methoxy groups -OCH3 is 1. The van der Waals surface area contributed by atoms with E-state index in [0.29, 0.717) is 11.0 Å². The topological polar surface area (TPSA) is 50.3 Å². The molecule has 5 nitrogen and oxygen atoms in total. The number of hydrogen-bond donors (Lipinski definition) is 1. The van der Waals surface area contributed by atoms with Crippen molar-refractivity contribution in [2.45, 2.75) is 13.3 Å². The van der Waals surface area contributed by atoms with E-state index in [1.807, 2.05) is 7.05 Å². The van der Waals surface area contributed by atoms with Crippen LogP contribution >= 0.6 is 11.6 Å². The van der Waals surface area contributed by atoms with Gasteiger partial charge in [-0.25, -0.2) is 4.98 Å². The van der Waals surface area contributed by atoms with Crippen LogP contribution in [0.1, 0.15) is 13.3 Å². The first kappa shape index (κ1) is 13.4. The summed E-state index contributed by atoms with van der Waals surface area (Å²) in [7, 11) is 3.54. The zero-order valence-corrected chi connectivity index (χ0v) is 11.8. The van der Waals surface area contributed by atoms with Crippen molar-refractivity contribution in [1.29, 1.82) is 0 Å². The minimum Gasteiger partial charge on any atom is -0.467 e. The van der Waals surface area contributed by atoms with Crippen molar-refractivity contribution in [1.82, 2.24) is 15.3 Å². The third kappa shape index (κ3) is 2.67. The molecule has 1 aromatic rings. The van der Waals surface area contributed by atoms with E-state index in [1.54, 1.807) is 13.3 Å². The van der Waals surface area contributed by atoms with Gasteiger partial charge in [0.15, 0.2) is 5.82 Å². The molecule has 1 aliphatic rings. The fourth-order valence-electron chi connectivity index (χ4n) is 2.44. The predicted octanol–water partition coefficient (Wildman–Crippen LogP) is 1.57. The molecule has 6 heteroatoms. The van der Waals surface area contributed by atoms with Crippen LogP contribution < -0.4 is 15.0 Å². The molecule has 0 bridgehead atoms. The molecule has 1 N–H and O–H groups in total. The van der Waals surface area contributed by atoms with Crippen LogP contribution in [0.25, 0.3) is 0 Å². The molecule has 1 aromatic heterocycles. The molecule has 18 heavy (non-hydrogen) atoms. The highest BCUT2D eigenvalue weighted by molar-refractivity contribution is 6.32. The van der Waals surface area contributed by atoms with E-state index in [9.17, 15) is 0 Å². The van der Waals surface area contributed by atoms with Crippen LogP contribution in [-0.4, -0.2) is 43.8 Å². The monoisotopic (exact) mass is 270 g/mol. The maximum atomic E-state index is 6.17. The summed E-state index contributed by atoms with van der Waals surface area (Å²) in [6.07, 6.45) is 2.72. The molecule has 0 amide bonds. The molecule has 0 aliphatic carbocycles. The molecule has 1 aliphatic heterocycles. The van der Waals surface area contributed by atoms with Gasteiger partial charge in [0.2, 0.25) is 0 Å². The van der Waals surface area contributed by atoms with Gasteiger partial charge in [-0.15, -0.1) is 0 Å². The second-order valence-corrected chi connectivity index (χ2v) is 5.45. The lowest BCUT2D eigenvalue weighted by atomic mass is 9.90. The SMILES string of the molecule is CNCC1(C)CCN(c2nc(OC)ncc2Cl)C1. The Morgan fingerprint density at radius 1 is 1.61 bits per heavy atom. The summed E-state index contributed by atoms with van der Waals surface area (Å²) in [6, 6.07) is 0.358. The highest BCUT2D eigenvalue weighted by atomic mass is 35.5. The quantitative estimate of drug-likeness (QED) is 0.900. The van der Waals surface area contributed by atoms with Gasteiger partial charge >= 0.3 is 6.01 Å². The summed E-state index contributed by atoms with van der Waals surface area (Å²) in [6.45, 7) is 5.16. The Hall–Kier alpha value is -1.07. The average molecular weight is 271 g/mol. The van der Waals surface area contributed by atoms with Crippen molar-refractivity contribution in [2.24, 2.45) is 5.41 Å². The van der Waals surface area contributed by atoms with Crippen molar-refractivity contribution < 1.29 is 4.74 Å². The molecule has 1 fully saturated rings. The van der Waals surface area contributed by atoms with Gasteiger partial charge in [-0.3, -0.25) is 0 Å². The first-order valence-corrected chi connectivity index (χ1v) is 6.42. The zero-order valence-electron chi connectivity index (χ0n) is 11.0. The summed E-state index contributed by atoms with van der Waals surface area (Å²) in [5.74, 6) is 0.767. The lowest BCUT2D eigenvalue weighted by Gasteiger charge is -2.25. The van der Waals surface area contributed by atoms with Gasteiger partial charge in [-0.2, -0.15) is 4.98 Å². The van der Waals surface area contributed by atoms with Gasteiger partial charge in [0.25, 0.3) is 0 Å². The number of rotatable bonds is 4. The zero-order chi connectivity index (χ0) is 13.2. The molecule has 1 atom stereocenters. The van der Waals surface area contributed by atoms with Crippen LogP contribution in [0.4, 0.5) is 5.82 Å². The number of anilines is 1. The van der Waals surface area contributed by atoms with Gasteiger partial charge in [0.1, 0.15) is 5.02 Å². The van der Waals surface area contributed by atoms with Gasteiger partial charge in [-0.05, 0) is 18.9 Å². The van der Waals surface area contributed by atoms with Gasteiger partial charge in [0, 0.05) is 19.6 Å². The molecular formula is C12H19ClN4O. The van der Waals surface area contributed by atoms with Gasteiger partial charge in [0.05, 0.1) is 13.3 Å². The van der Waals surface area contributed by atoms with E-state index in [-0.39, 0.29) is 5.41 Å². The predicted molar refractivity (Wildman–Crippen MR) is 72.5 cm³/mol. The van der Waals surface area contributed by atoms with E-state index >= 15 is 0 Å². The Morgan fingerprint density at radius 3 is 3.06 bits per heavy atom. The normalized spacial score (nSPS) is 23.4. The fraction of sp³-hybridized carbons (Fsp3) is 0.667. The molecule has 0 spiro atoms. The summed E-state index contributed by atoms with van der Waals surface area (Å²) in [5, 5.41) is 3.82. The standard InChI is InChI=1S/C12H19ClN4O/c1-12(7-14-2)4-5-17(8-12)10-9(13)6-15-11(16-10)18-3/h6,14H,4-5,7-8H2,1-3H3. The molecule has 2 heterocycles. The van der Waals surface area contributed by atoms with Crippen molar-refractivity contribution >= 4 is 17.4 Å². The maximum absolute atomic E-state index is 6.17. The highest BCUT2D eigenvalue weighted by Gasteiger charge is 2.34. The molecule has 100 valence electrons. The number of hydrogen-bond acceptors (Lipinski definition) is 5. The molecular weight excluding hydrogens is 252 g/mol. The molecule has 2 rings (SSSR count). The van der Waals surface area contributed by atoms with E-state index in [4.69, 9.17) is 16.3 Å². The lowest BCUT2D eigenvalue weighted by Crippen LogP contribution is -2.33. The Bertz CT molecular complexity index is 429. The van der Waals surface area contributed by atoms with Crippen LogP contribution in [-0.2, 0) is 0 Å². The minimum absolute atomic E-state index is 0.260. The van der Waals surface area contributed by atoms with Crippen molar-refractivity contribution in [3.63, 3.8) is 0 Å². The average Bonchev–Trinajstić information content (AvgIpc) is 2.73. The number of halogens is 1. The Balaban J connectivity index is 2.18. The second-order valence-electron chi connectivity index (χ2n) is 5.04. The van der Waals surface area contributed by atoms with Crippen LogP contribution in [0.3, 0.4) is 0 Å². The Labute approximate surface area is 113 Å². The minimum atomic E-state index is 0.260. The number of nitrogens with one attached hydrogen (secondary N) is 1. The summed E-state index contributed by atoms with van der Waals surface area (Å²) >= 11 is 6.17. The van der Waals surface area contributed by atoms with Crippen LogP contribution in [0, 0.1) is 5.41 Å². The smallest absolute Gasteiger partial charge is 0.318 e. The van der Waals surface area contributed by atoms with Crippen LogP contribution in [0.5, 0.6) is 6.01 Å². The van der Waals surface area contributed by atoms with Crippen LogP contribution in [0.2, 0.25) is 5.02 Å². The third-order valence-corrected chi connectivity index (χ3v) is 3.61. The first-order valence-electron chi connectivity index (χ1n) is 6.04. The van der Waals surface area contributed by atoms with Crippen molar-refractivity contribution in [3.8, 4) is 6.01 Å². The van der Waals surface area contributed by atoms with E-state index in [1.165, 1.54) is 0 Å². The molecule has 0 aromatic carbocycles. The summed E-state index contributed by atoms with van der Waals surface area (Å²) in [4.78, 5) is 10.5. The lowest BCUT2D eigenvalue weighted by molar-refractivity contribution is 0.355. The summed E-state index contributed by atoms with van der Waals surface area (Å²) in [5.41, 5.74) is 0.260. The Morgan fingerprint density at radius 2 is 2.39 bits per heavy atom. The molecule has 0 saturated carbocycles. The van der Waals surface area contributed by atoms with Crippen LogP contribution in [0.15, 0.2) is 6.20 Å². The number of ether oxygens (including phenoxy) is 1. The summed E-state index contributed by atoms with van der Waals surface area (Å²) < 4.78 is 5.05. The molecule has 1 unspecified atom stereocenters. The van der Waals surface area contributed by atoms with Gasteiger partial charge < -0.3 is 15.0 Å². The maximum Gasteiger partial charge on any atom is 0.318 e. The van der Waals surface area contributed by atoms with E-state index in [2.05, 4.69) is 27.1 Å². The second kappa shape index (κ2) is 5.28. The van der Waals surface area contributed by atoms with E-state index < -0.39 is 0 Å². The third-order valence-electron chi connectivity index (χ3n) is 3.35. The molecule has 0 radical (unpaired) electrons. The molecule has 1 saturated heterocycles. The van der Waals surface area contributed by atoms with Crippen molar-refractivity contribution in [2.75, 3.05) is 38.7 Å². The number of nitrogens with zero attached hydrogens (tertiary/aromatic N) is 3. The number of aromatic nitrogens is 2. The highest BCUT2D eigenvalue weighted by Crippen LogP contribution is 2.35. The van der Waals surface area contributed by atoms with Crippen molar-refractivity contribution in [3.05, 3.63) is 11.2 Å².